The average molecular weight is 303 g/mol. The van der Waals surface area contributed by atoms with Crippen LogP contribution >= 0.6 is 15.9 Å². The molecule has 2 aromatic rings. The van der Waals surface area contributed by atoms with Crippen LogP contribution in [0.4, 0.5) is 0 Å². The molecule has 0 unspecified atom stereocenters. The Morgan fingerprint density at radius 3 is 2.33 bits per heavy atom. The summed E-state index contributed by atoms with van der Waals surface area (Å²) in [7, 11) is 1.95. The lowest BCUT2D eigenvalue weighted by Crippen LogP contribution is -2.05. The number of aromatic nitrogens is 1. The van der Waals surface area contributed by atoms with Crippen molar-refractivity contribution in [2.75, 3.05) is 13.6 Å². The molecule has 0 spiro atoms. The largest absolute Gasteiger partial charge is 0.316 e. The Morgan fingerprint density at radius 2 is 1.72 bits per heavy atom. The standard InChI is InChI=1S/C15H15BrN2/c1-17-9-8-15(13-6-10-18-11-7-13)12-2-4-14(16)5-3-12/h2-8,10-11,17H,9H2,1H3/b15-8-. The van der Waals surface area contributed by atoms with Crippen LogP contribution < -0.4 is 5.32 Å². The molecule has 1 heterocycles. The first-order valence-electron chi connectivity index (χ1n) is 5.82. The van der Waals surface area contributed by atoms with Crippen molar-refractivity contribution in [3.8, 4) is 0 Å². The summed E-state index contributed by atoms with van der Waals surface area (Å²) in [6, 6.07) is 12.4. The van der Waals surface area contributed by atoms with E-state index in [4.69, 9.17) is 0 Å². The minimum atomic E-state index is 0.841. The molecule has 0 radical (unpaired) electrons. The van der Waals surface area contributed by atoms with Crippen LogP contribution in [0.5, 0.6) is 0 Å². The van der Waals surface area contributed by atoms with Crippen LogP contribution in [0.3, 0.4) is 0 Å². The van der Waals surface area contributed by atoms with Gasteiger partial charge in [0.2, 0.25) is 0 Å². The van der Waals surface area contributed by atoms with Crippen LogP contribution in [0.15, 0.2) is 59.3 Å². The number of nitrogens with one attached hydrogen (secondary N) is 1. The van der Waals surface area contributed by atoms with Gasteiger partial charge in [0.25, 0.3) is 0 Å². The van der Waals surface area contributed by atoms with Crippen molar-refractivity contribution in [1.29, 1.82) is 0 Å². The zero-order valence-electron chi connectivity index (χ0n) is 10.2. The molecule has 2 rings (SSSR count). The van der Waals surface area contributed by atoms with Gasteiger partial charge in [-0.3, -0.25) is 4.98 Å². The molecule has 0 amide bonds. The quantitative estimate of drug-likeness (QED) is 0.935. The lowest BCUT2D eigenvalue weighted by atomic mass is 9.98. The number of nitrogens with zero attached hydrogens (tertiary/aromatic N) is 1. The highest BCUT2D eigenvalue weighted by Gasteiger charge is 2.04. The maximum atomic E-state index is 4.07. The summed E-state index contributed by atoms with van der Waals surface area (Å²) in [6.07, 6.45) is 5.83. The van der Waals surface area contributed by atoms with Crippen molar-refractivity contribution in [2.45, 2.75) is 0 Å². The third-order valence-corrected chi connectivity index (χ3v) is 3.19. The summed E-state index contributed by atoms with van der Waals surface area (Å²) in [4.78, 5) is 4.07. The van der Waals surface area contributed by atoms with Gasteiger partial charge in [0.05, 0.1) is 0 Å². The van der Waals surface area contributed by atoms with E-state index in [2.05, 4.69) is 56.6 Å². The van der Waals surface area contributed by atoms with E-state index in [1.807, 2.05) is 31.6 Å². The molecule has 0 aliphatic rings. The first-order chi connectivity index (χ1) is 8.81. The van der Waals surface area contributed by atoms with Crippen molar-refractivity contribution in [3.05, 3.63) is 70.5 Å². The molecule has 0 aliphatic carbocycles. The van der Waals surface area contributed by atoms with Gasteiger partial charge in [-0.25, -0.2) is 0 Å². The predicted molar refractivity (Wildman–Crippen MR) is 79.4 cm³/mol. The predicted octanol–water partition coefficient (Wildman–Crippen LogP) is 3.50. The fraction of sp³-hybridized carbons (Fsp3) is 0.133. The van der Waals surface area contributed by atoms with Crippen LogP contribution in [-0.2, 0) is 0 Å². The van der Waals surface area contributed by atoms with E-state index in [0.717, 1.165) is 11.0 Å². The normalized spacial score (nSPS) is 11.6. The van der Waals surface area contributed by atoms with Crippen LogP contribution in [-0.4, -0.2) is 18.6 Å². The Kier molecular flexibility index (Phi) is 4.67. The SMILES string of the molecule is CNC/C=C(\c1ccncc1)c1ccc(Br)cc1. The fourth-order valence-electron chi connectivity index (χ4n) is 1.77. The second-order valence-electron chi connectivity index (χ2n) is 3.92. The average Bonchev–Trinajstić information content (AvgIpc) is 2.42. The van der Waals surface area contributed by atoms with E-state index >= 15 is 0 Å². The molecule has 0 atom stereocenters. The maximum Gasteiger partial charge on any atom is 0.0273 e. The first kappa shape index (κ1) is 13.0. The maximum absolute atomic E-state index is 4.07. The van der Waals surface area contributed by atoms with E-state index < -0.39 is 0 Å². The Bertz CT molecular complexity index is 518. The molecule has 0 fully saturated rings. The number of halogens is 1. The molecular formula is C15H15BrN2. The van der Waals surface area contributed by atoms with Gasteiger partial charge in [-0.1, -0.05) is 34.1 Å². The molecule has 1 aromatic heterocycles. The summed E-state index contributed by atoms with van der Waals surface area (Å²) in [5.41, 5.74) is 3.61. The van der Waals surface area contributed by atoms with Gasteiger partial charge in [-0.15, -0.1) is 0 Å². The Balaban J connectivity index is 2.40. The topological polar surface area (TPSA) is 24.9 Å². The molecule has 0 saturated carbocycles. The van der Waals surface area contributed by atoms with Gasteiger partial charge in [-0.05, 0) is 48.0 Å². The molecule has 92 valence electrons. The van der Waals surface area contributed by atoms with Crippen molar-refractivity contribution < 1.29 is 0 Å². The highest BCUT2D eigenvalue weighted by molar-refractivity contribution is 9.10. The van der Waals surface area contributed by atoms with E-state index in [1.54, 1.807) is 0 Å². The number of likely N-dealkylation sites (N-methyl/N-ethyl adjacent to an activating group) is 1. The summed E-state index contributed by atoms with van der Waals surface area (Å²) >= 11 is 3.46. The van der Waals surface area contributed by atoms with E-state index in [1.165, 1.54) is 16.7 Å². The third-order valence-electron chi connectivity index (χ3n) is 2.66. The van der Waals surface area contributed by atoms with E-state index in [-0.39, 0.29) is 0 Å². The Morgan fingerprint density at radius 1 is 1.11 bits per heavy atom. The monoisotopic (exact) mass is 302 g/mol. The third kappa shape index (κ3) is 3.28. The van der Waals surface area contributed by atoms with Crippen LogP contribution in [0.1, 0.15) is 11.1 Å². The molecule has 3 heteroatoms. The second kappa shape index (κ2) is 6.47. The molecular weight excluding hydrogens is 288 g/mol. The van der Waals surface area contributed by atoms with Gasteiger partial charge in [0.1, 0.15) is 0 Å². The number of hydrogen-bond acceptors (Lipinski definition) is 2. The lowest BCUT2D eigenvalue weighted by molar-refractivity contribution is 0.920. The molecule has 18 heavy (non-hydrogen) atoms. The van der Waals surface area contributed by atoms with Gasteiger partial charge in [0, 0.05) is 23.4 Å². The summed E-state index contributed by atoms with van der Waals surface area (Å²) in [5.74, 6) is 0. The highest BCUT2D eigenvalue weighted by atomic mass is 79.9. The lowest BCUT2D eigenvalue weighted by Gasteiger charge is -2.08. The Labute approximate surface area is 116 Å². The van der Waals surface area contributed by atoms with Crippen LogP contribution in [0.2, 0.25) is 0 Å². The fourth-order valence-corrected chi connectivity index (χ4v) is 2.03. The van der Waals surface area contributed by atoms with Gasteiger partial charge in [0.15, 0.2) is 0 Å². The molecule has 0 bridgehead atoms. The molecule has 0 saturated heterocycles. The molecule has 2 nitrogen and oxygen atoms in total. The van der Waals surface area contributed by atoms with E-state index in [0.29, 0.717) is 0 Å². The minimum absolute atomic E-state index is 0.841. The molecule has 1 N–H and O–H groups in total. The first-order valence-corrected chi connectivity index (χ1v) is 6.61. The van der Waals surface area contributed by atoms with E-state index in [9.17, 15) is 0 Å². The number of rotatable bonds is 4. The molecule has 0 aliphatic heterocycles. The van der Waals surface area contributed by atoms with Crippen molar-refractivity contribution in [3.63, 3.8) is 0 Å². The highest BCUT2D eigenvalue weighted by Crippen LogP contribution is 2.24. The zero-order valence-corrected chi connectivity index (χ0v) is 11.8. The van der Waals surface area contributed by atoms with Crippen LogP contribution in [0.25, 0.3) is 5.57 Å². The minimum Gasteiger partial charge on any atom is -0.316 e. The zero-order chi connectivity index (χ0) is 12.8. The number of benzene rings is 1. The van der Waals surface area contributed by atoms with Gasteiger partial charge >= 0.3 is 0 Å². The smallest absolute Gasteiger partial charge is 0.0273 e. The molecule has 1 aromatic carbocycles. The van der Waals surface area contributed by atoms with Crippen molar-refractivity contribution >= 4 is 21.5 Å². The second-order valence-corrected chi connectivity index (χ2v) is 4.83. The summed E-state index contributed by atoms with van der Waals surface area (Å²) < 4.78 is 1.09. The summed E-state index contributed by atoms with van der Waals surface area (Å²) in [6.45, 7) is 0.841. The van der Waals surface area contributed by atoms with Crippen molar-refractivity contribution in [2.24, 2.45) is 0 Å². The van der Waals surface area contributed by atoms with Crippen LogP contribution in [0, 0.1) is 0 Å². The number of pyridine rings is 1. The summed E-state index contributed by atoms with van der Waals surface area (Å²) in [5, 5.41) is 3.15. The Hall–Kier alpha value is -1.45. The number of hydrogen-bond donors (Lipinski definition) is 1. The van der Waals surface area contributed by atoms with Gasteiger partial charge in [-0.2, -0.15) is 0 Å². The van der Waals surface area contributed by atoms with Crippen molar-refractivity contribution in [1.82, 2.24) is 10.3 Å². The van der Waals surface area contributed by atoms with Gasteiger partial charge < -0.3 is 5.32 Å².